The van der Waals surface area contributed by atoms with Gasteiger partial charge in [-0.2, -0.15) is 0 Å². The third kappa shape index (κ3) is 12.8. The molecule has 0 bridgehead atoms. The Balaban J connectivity index is 1.05. The van der Waals surface area contributed by atoms with Crippen molar-refractivity contribution >= 4 is 68.1 Å². The van der Waals surface area contributed by atoms with Crippen LogP contribution in [0.25, 0.3) is 0 Å². The van der Waals surface area contributed by atoms with Crippen LogP contribution in [0.3, 0.4) is 0 Å². The first-order chi connectivity index (χ1) is 24.3. The summed E-state index contributed by atoms with van der Waals surface area (Å²) < 4.78 is 11.9. The molecule has 0 amide bonds. The second kappa shape index (κ2) is 21.6. The third-order valence-corrected chi connectivity index (χ3v) is 10.7. The van der Waals surface area contributed by atoms with E-state index >= 15 is 0 Å². The van der Waals surface area contributed by atoms with Crippen LogP contribution in [0.15, 0.2) is 59.1 Å². The molecule has 3 N–H and O–H groups in total. The Morgan fingerprint density at radius 3 is 2.12 bits per heavy atom. The molecule has 272 valence electrons. The van der Waals surface area contributed by atoms with Gasteiger partial charge in [-0.25, -0.2) is 4.79 Å². The van der Waals surface area contributed by atoms with Crippen LogP contribution in [0.1, 0.15) is 112 Å². The van der Waals surface area contributed by atoms with Crippen LogP contribution in [-0.2, 0) is 27.2 Å². The highest BCUT2D eigenvalue weighted by Gasteiger charge is 2.22. The topological polar surface area (TPSA) is 93.9 Å². The van der Waals surface area contributed by atoms with Gasteiger partial charge < -0.3 is 20.5 Å². The van der Waals surface area contributed by atoms with Crippen molar-refractivity contribution in [2.75, 3.05) is 30.8 Å². The van der Waals surface area contributed by atoms with Crippen molar-refractivity contribution in [2.45, 2.75) is 109 Å². The molecule has 1 fully saturated rings. The number of carbonyl (C=O) groups excluding carboxylic acids is 2. The highest BCUT2D eigenvalue weighted by Crippen LogP contribution is 2.34. The van der Waals surface area contributed by atoms with E-state index < -0.39 is 0 Å². The smallest absolute Gasteiger partial charge is 0.338 e. The van der Waals surface area contributed by atoms with Gasteiger partial charge in [0.25, 0.3) is 0 Å². The van der Waals surface area contributed by atoms with Gasteiger partial charge in [-0.15, -0.1) is 0 Å². The summed E-state index contributed by atoms with van der Waals surface area (Å²) in [6.07, 6.45) is 14.7. The molecule has 50 heavy (non-hydrogen) atoms. The highest BCUT2D eigenvalue weighted by atomic mass is 79.9. The Labute approximate surface area is 316 Å². The Hall–Kier alpha value is -2.78. The predicted octanol–water partition coefficient (Wildman–Crippen LogP) is 11.3. The van der Waals surface area contributed by atoms with Crippen molar-refractivity contribution in [3.8, 4) is 0 Å². The number of ether oxygens (including phenoxy) is 2. The number of hydrogen-bond donors (Lipinski definition) is 2. The van der Waals surface area contributed by atoms with Gasteiger partial charge in [-0.1, -0.05) is 112 Å². The maximum atomic E-state index is 12.9. The lowest BCUT2D eigenvalue weighted by molar-refractivity contribution is -0.142. The fourth-order valence-electron chi connectivity index (χ4n) is 6.54. The lowest BCUT2D eigenvalue weighted by Crippen LogP contribution is -2.36. The average Bonchev–Trinajstić information content (AvgIpc) is 3.11. The SMILES string of the molecule is CCN(Cc1cc(C(=O)OCCCCCCCCCCOC(=O)Cc2ccccc2Nc2c(Cl)cccc2Cl)cc(Br)c1N)C1CCCCC1. The first-order valence-corrected chi connectivity index (χ1v) is 19.7. The molecule has 1 saturated carbocycles. The number of nitrogen functional groups attached to an aromatic ring is 1. The normalized spacial score (nSPS) is 13.4. The Morgan fingerprint density at radius 1 is 0.840 bits per heavy atom. The third-order valence-electron chi connectivity index (χ3n) is 9.43. The van der Waals surface area contributed by atoms with Crippen molar-refractivity contribution in [1.82, 2.24) is 4.90 Å². The molecule has 1 aliphatic rings. The first kappa shape index (κ1) is 40.0. The minimum Gasteiger partial charge on any atom is -0.465 e. The molecule has 7 nitrogen and oxygen atoms in total. The van der Waals surface area contributed by atoms with E-state index in [0.29, 0.717) is 46.2 Å². The van der Waals surface area contributed by atoms with Gasteiger partial charge in [0, 0.05) is 22.7 Å². The number of rotatable bonds is 20. The van der Waals surface area contributed by atoms with E-state index in [0.717, 1.165) is 85.7 Å². The van der Waals surface area contributed by atoms with Gasteiger partial charge in [0.2, 0.25) is 0 Å². The molecule has 0 spiro atoms. The summed E-state index contributed by atoms with van der Waals surface area (Å²) in [6, 6.07) is 17.2. The molecule has 10 heteroatoms. The van der Waals surface area contributed by atoms with E-state index in [-0.39, 0.29) is 18.4 Å². The van der Waals surface area contributed by atoms with E-state index in [1.165, 1.54) is 32.1 Å². The molecule has 0 atom stereocenters. The van der Waals surface area contributed by atoms with Gasteiger partial charge >= 0.3 is 11.9 Å². The van der Waals surface area contributed by atoms with Crippen LogP contribution in [0.4, 0.5) is 17.1 Å². The summed E-state index contributed by atoms with van der Waals surface area (Å²) in [5.41, 5.74) is 10.8. The number of benzene rings is 3. The quantitative estimate of drug-likeness (QED) is 0.0669. The second-order valence-corrected chi connectivity index (χ2v) is 14.8. The standard InChI is InChI=1S/C40H52BrCl2N3O4/c1-2-46(32-18-10-9-11-19-32)28-31-25-30(26-33(41)38(31)44)40(48)50-24-15-8-6-4-3-5-7-14-23-49-37(47)27-29-17-12-13-22-36(29)45-39-34(42)20-16-21-35(39)43/h12-13,16-17,20-22,25-26,32,45H,2-11,14-15,18-19,23-24,27-28,44H2,1H3. The maximum absolute atomic E-state index is 12.9. The van der Waals surface area contributed by atoms with Gasteiger partial charge in [-0.05, 0) is 89.6 Å². The fourth-order valence-corrected chi connectivity index (χ4v) is 7.53. The maximum Gasteiger partial charge on any atom is 0.338 e. The Bertz CT molecular complexity index is 1510. The van der Waals surface area contributed by atoms with Gasteiger partial charge in [0.15, 0.2) is 0 Å². The predicted molar refractivity (Wildman–Crippen MR) is 210 cm³/mol. The summed E-state index contributed by atoms with van der Waals surface area (Å²) in [6.45, 7) is 4.73. The zero-order chi connectivity index (χ0) is 35.7. The monoisotopic (exact) mass is 787 g/mol. The number of unbranched alkanes of at least 4 members (excludes halogenated alkanes) is 7. The van der Waals surface area contributed by atoms with E-state index in [1.54, 1.807) is 24.3 Å². The van der Waals surface area contributed by atoms with E-state index in [4.69, 9.17) is 38.4 Å². The lowest BCUT2D eigenvalue weighted by Gasteiger charge is -2.34. The van der Waals surface area contributed by atoms with Crippen LogP contribution in [-0.4, -0.2) is 42.6 Å². The summed E-state index contributed by atoms with van der Waals surface area (Å²) >= 11 is 16.2. The molecule has 0 saturated heterocycles. The van der Waals surface area contributed by atoms with Crippen molar-refractivity contribution in [2.24, 2.45) is 0 Å². The molecule has 0 aromatic heterocycles. The highest BCUT2D eigenvalue weighted by molar-refractivity contribution is 9.10. The Morgan fingerprint density at radius 2 is 1.46 bits per heavy atom. The van der Waals surface area contributed by atoms with Crippen molar-refractivity contribution in [3.05, 3.63) is 85.8 Å². The Kier molecular flexibility index (Phi) is 17.2. The zero-order valence-corrected chi connectivity index (χ0v) is 32.4. The number of para-hydroxylation sites is 2. The van der Waals surface area contributed by atoms with Crippen LogP contribution in [0, 0.1) is 0 Å². The summed E-state index contributed by atoms with van der Waals surface area (Å²) in [5.74, 6) is -0.552. The molecule has 3 aromatic carbocycles. The number of anilines is 3. The number of hydrogen-bond acceptors (Lipinski definition) is 7. The minimum atomic E-state index is -0.295. The van der Waals surface area contributed by atoms with Gasteiger partial charge in [0.05, 0.1) is 46.6 Å². The van der Waals surface area contributed by atoms with Gasteiger partial charge in [0.1, 0.15) is 0 Å². The fraction of sp³-hybridized carbons (Fsp3) is 0.500. The molecule has 0 aliphatic heterocycles. The summed E-state index contributed by atoms with van der Waals surface area (Å²) in [4.78, 5) is 27.9. The summed E-state index contributed by atoms with van der Waals surface area (Å²) in [5, 5.41) is 4.28. The molecule has 3 aromatic rings. The van der Waals surface area contributed by atoms with E-state index in [2.05, 4.69) is 33.1 Å². The number of nitrogens with zero attached hydrogens (tertiary/aromatic N) is 1. The average molecular weight is 790 g/mol. The molecule has 1 aliphatic carbocycles. The minimum absolute atomic E-state index is 0.164. The molecule has 0 unspecified atom stereocenters. The van der Waals surface area contributed by atoms with Crippen LogP contribution in [0.2, 0.25) is 10.0 Å². The molecule has 0 radical (unpaired) electrons. The van der Waals surface area contributed by atoms with Gasteiger partial charge in [-0.3, -0.25) is 9.69 Å². The molecule has 4 rings (SSSR count). The van der Waals surface area contributed by atoms with Crippen LogP contribution in [0.5, 0.6) is 0 Å². The van der Waals surface area contributed by atoms with E-state index in [1.807, 2.05) is 30.3 Å². The van der Waals surface area contributed by atoms with E-state index in [9.17, 15) is 9.59 Å². The van der Waals surface area contributed by atoms with Crippen molar-refractivity contribution < 1.29 is 19.1 Å². The second-order valence-electron chi connectivity index (χ2n) is 13.1. The van der Waals surface area contributed by atoms with Crippen molar-refractivity contribution in [3.63, 3.8) is 0 Å². The van der Waals surface area contributed by atoms with Crippen molar-refractivity contribution in [1.29, 1.82) is 0 Å². The summed E-state index contributed by atoms with van der Waals surface area (Å²) in [7, 11) is 0. The molecule has 0 heterocycles. The number of nitrogens with two attached hydrogens (primary N) is 1. The molecular weight excluding hydrogens is 737 g/mol. The number of carbonyl (C=O) groups is 2. The van der Waals surface area contributed by atoms with Crippen LogP contribution >= 0.6 is 39.1 Å². The first-order valence-electron chi connectivity index (χ1n) is 18.2. The number of nitrogens with one attached hydrogen (secondary N) is 1. The van der Waals surface area contributed by atoms with Crippen LogP contribution < -0.4 is 11.1 Å². The number of halogens is 3. The largest absolute Gasteiger partial charge is 0.465 e. The number of esters is 2. The zero-order valence-electron chi connectivity index (χ0n) is 29.3. The lowest BCUT2D eigenvalue weighted by atomic mass is 9.93. The molecular formula is C40H52BrCl2N3O4.